The second kappa shape index (κ2) is 8.30. The molecule has 3 aromatic carbocycles. The average molecular weight is 372 g/mol. The number of hydrogen-bond donors (Lipinski definition) is 2. The van der Waals surface area contributed by atoms with Gasteiger partial charge in [-0.25, -0.2) is 0 Å². The third-order valence-electron chi connectivity index (χ3n) is 6.18. The van der Waals surface area contributed by atoms with Crippen molar-refractivity contribution in [3.8, 4) is 0 Å². The van der Waals surface area contributed by atoms with Crippen molar-refractivity contribution in [1.29, 1.82) is 0 Å². The Morgan fingerprint density at radius 2 is 1.36 bits per heavy atom. The highest BCUT2D eigenvalue weighted by Gasteiger charge is 2.47. The van der Waals surface area contributed by atoms with Crippen molar-refractivity contribution < 1.29 is 5.11 Å². The molecule has 2 heteroatoms. The smallest absolute Gasteiger partial charge is 0.0752 e. The molecule has 0 aliphatic carbocycles. The summed E-state index contributed by atoms with van der Waals surface area (Å²) in [7, 11) is 0. The fourth-order valence-corrected chi connectivity index (χ4v) is 4.86. The molecule has 2 N–H and O–H groups in total. The molecule has 0 bridgehead atoms. The van der Waals surface area contributed by atoms with Crippen LogP contribution in [0.4, 0.5) is 0 Å². The first-order valence-electron chi connectivity index (χ1n) is 10.3. The van der Waals surface area contributed by atoms with Crippen molar-refractivity contribution in [2.45, 2.75) is 43.9 Å². The van der Waals surface area contributed by atoms with Crippen LogP contribution in [0, 0.1) is 5.92 Å². The monoisotopic (exact) mass is 371 g/mol. The molecule has 1 aliphatic heterocycles. The summed E-state index contributed by atoms with van der Waals surface area (Å²) >= 11 is 0. The van der Waals surface area contributed by atoms with Crippen molar-refractivity contribution in [1.82, 2.24) is 5.32 Å². The van der Waals surface area contributed by atoms with Crippen LogP contribution in [0.3, 0.4) is 0 Å². The standard InChI is InChI=1S/C26H29NO/c1-2-23-25(22-16-10-5-11-17-22)27-24(21-14-8-4-9-15-21)19-26(23,28)18-20-12-6-3-7-13-20/h3-17,23-25,27-28H,2,18-19H2,1H3/t23-,24+,25-,26-/m0/s1. The van der Waals surface area contributed by atoms with Crippen molar-refractivity contribution in [3.05, 3.63) is 108 Å². The van der Waals surface area contributed by atoms with Gasteiger partial charge in [-0.2, -0.15) is 0 Å². The van der Waals surface area contributed by atoms with Gasteiger partial charge in [0.1, 0.15) is 0 Å². The summed E-state index contributed by atoms with van der Waals surface area (Å²) in [5, 5.41) is 15.9. The molecule has 1 saturated heterocycles. The highest BCUT2D eigenvalue weighted by molar-refractivity contribution is 5.28. The number of aliphatic hydroxyl groups is 1. The molecule has 0 spiro atoms. The first-order valence-corrected chi connectivity index (χ1v) is 10.3. The molecule has 0 amide bonds. The van der Waals surface area contributed by atoms with Gasteiger partial charge in [0.05, 0.1) is 5.60 Å². The number of benzene rings is 3. The first-order chi connectivity index (χ1) is 13.7. The molecular formula is C26H29NO. The van der Waals surface area contributed by atoms with Gasteiger partial charge >= 0.3 is 0 Å². The maximum Gasteiger partial charge on any atom is 0.0752 e. The molecule has 1 aliphatic rings. The second-order valence-corrected chi connectivity index (χ2v) is 8.00. The molecule has 2 nitrogen and oxygen atoms in total. The Bertz CT molecular complexity index is 865. The summed E-state index contributed by atoms with van der Waals surface area (Å²) < 4.78 is 0. The maximum atomic E-state index is 12.0. The molecule has 4 atom stereocenters. The second-order valence-electron chi connectivity index (χ2n) is 8.00. The van der Waals surface area contributed by atoms with Crippen molar-refractivity contribution >= 4 is 0 Å². The molecule has 4 rings (SSSR count). The first kappa shape index (κ1) is 18.9. The number of rotatable bonds is 5. The topological polar surface area (TPSA) is 32.3 Å². The number of hydrogen-bond acceptors (Lipinski definition) is 2. The van der Waals surface area contributed by atoms with Gasteiger partial charge in [-0.3, -0.25) is 0 Å². The van der Waals surface area contributed by atoms with Gasteiger partial charge in [0.15, 0.2) is 0 Å². The number of nitrogens with one attached hydrogen (secondary N) is 1. The fraction of sp³-hybridized carbons (Fsp3) is 0.308. The predicted molar refractivity (Wildman–Crippen MR) is 115 cm³/mol. The van der Waals surface area contributed by atoms with Crippen LogP contribution < -0.4 is 5.32 Å². The fourth-order valence-electron chi connectivity index (χ4n) is 4.86. The molecular weight excluding hydrogens is 342 g/mol. The van der Waals surface area contributed by atoms with Gasteiger partial charge in [-0.05, 0) is 29.5 Å². The van der Waals surface area contributed by atoms with E-state index in [9.17, 15) is 5.11 Å². The van der Waals surface area contributed by atoms with Crippen molar-refractivity contribution in [3.63, 3.8) is 0 Å². The van der Waals surface area contributed by atoms with E-state index in [1.54, 1.807) is 0 Å². The van der Waals surface area contributed by atoms with E-state index in [-0.39, 0.29) is 18.0 Å². The lowest BCUT2D eigenvalue weighted by molar-refractivity contribution is -0.0761. The predicted octanol–water partition coefficient (Wildman–Crippen LogP) is 5.46. The van der Waals surface area contributed by atoms with Crippen molar-refractivity contribution in [2.24, 2.45) is 5.92 Å². The van der Waals surface area contributed by atoms with Gasteiger partial charge < -0.3 is 10.4 Å². The van der Waals surface area contributed by atoms with Crippen molar-refractivity contribution in [2.75, 3.05) is 0 Å². The zero-order chi connectivity index (χ0) is 19.4. The van der Waals surface area contributed by atoms with Crippen LogP contribution in [0.25, 0.3) is 0 Å². The highest BCUT2D eigenvalue weighted by Crippen LogP contribution is 2.46. The molecule has 144 valence electrons. The van der Waals surface area contributed by atoms with Gasteiger partial charge in [-0.15, -0.1) is 0 Å². The molecule has 28 heavy (non-hydrogen) atoms. The van der Waals surface area contributed by atoms with Crippen LogP contribution >= 0.6 is 0 Å². The SMILES string of the molecule is CC[C@H]1[C@H](c2ccccc2)N[C@@H](c2ccccc2)C[C@@]1(O)Cc1ccccc1. The Morgan fingerprint density at radius 3 is 1.93 bits per heavy atom. The normalized spacial score (nSPS) is 27.4. The number of piperidine rings is 1. The van der Waals surface area contributed by atoms with Gasteiger partial charge in [0, 0.05) is 24.4 Å². The lowest BCUT2D eigenvalue weighted by Gasteiger charge is -2.49. The summed E-state index contributed by atoms with van der Waals surface area (Å²) in [6, 6.07) is 31.8. The highest BCUT2D eigenvalue weighted by atomic mass is 16.3. The summed E-state index contributed by atoms with van der Waals surface area (Å²) in [5.41, 5.74) is 2.93. The minimum absolute atomic E-state index is 0.124. The average Bonchev–Trinajstić information content (AvgIpc) is 2.75. The Kier molecular flexibility index (Phi) is 5.61. The van der Waals surface area contributed by atoms with E-state index in [4.69, 9.17) is 0 Å². The minimum Gasteiger partial charge on any atom is -0.389 e. The minimum atomic E-state index is -0.762. The van der Waals surface area contributed by atoms with E-state index in [1.165, 1.54) is 16.7 Å². The van der Waals surface area contributed by atoms with E-state index in [2.05, 4.69) is 91.1 Å². The third-order valence-corrected chi connectivity index (χ3v) is 6.18. The van der Waals surface area contributed by atoms with Crippen LogP contribution in [0.5, 0.6) is 0 Å². The zero-order valence-electron chi connectivity index (χ0n) is 16.5. The van der Waals surface area contributed by atoms with E-state index < -0.39 is 5.60 Å². The summed E-state index contributed by atoms with van der Waals surface area (Å²) in [6.07, 6.45) is 2.33. The Hall–Kier alpha value is -2.42. The molecule has 1 heterocycles. The van der Waals surface area contributed by atoms with E-state index in [1.807, 2.05) is 12.1 Å². The molecule has 0 saturated carbocycles. The van der Waals surface area contributed by atoms with E-state index in [0.717, 1.165) is 6.42 Å². The molecule has 0 unspecified atom stereocenters. The largest absolute Gasteiger partial charge is 0.389 e. The summed E-state index contributed by atoms with van der Waals surface area (Å²) in [5.74, 6) is 0.148. The maximum absolute atomic E-state index is 12.0. The van der Waals surface area contributed by atoms with Crippen LogP contribution in [-0.4, -0.2) is 10.7 Å². The van der Waals surface area contributed by atoms with Crippen LogP contribution in [-0.2, 0) is 6.42 Å². The summed E-state index contributed by atoms with van der Waals surface area (Å²) in [6.45, 7) is 2.20. The Labute approximate surface area is 168 Å². The quantitative estimate of drug-likeness (QED) is 0.624. The lowest BCUT2D eigenvalue weighted by Crippen LogP contribution is -2.54. The van der Waals surface area contributed by atoms with Crippen LogP contribution in [0.15, 0.2) is 91.0 Å². The van der Waals surface area contributed by atoms with Gasteiger partial charge in [-0.1, -0.05) is 97.9 Å². The third kappa shape index (κ3) is 3.89. The van der Waals surface area contributed by atoms with Crippen LogP contribution in [0.2, 0.25) is 0 Å². The summed E-state index contributed by atoms with van der Waals surface area (Å²) in [4.78, 5) is 0. The van der Waals surface area contributed by atoms with Crippen LogP contribution in [0.1, 0.15) is 48.5 Å². The molecule has 0 aromatic heterocycles. The zero-order valence-corrected chi connectivity index (χ0v) is 16.5. The Morgan fingerprint density at radius 1 is 0.821 bits per heavy atom. The van der Waals surface area contributed by atoms with E-state index in [0.29, 0.717) is 12.8 Å². The van der Waals surface area contributed by atoms with E-state index >= 15 is 0 Å². The van der Waals surface area contributed by atoms with Gasteiger partial charge in [0.2, 0.25) is 0 Å². The van der Waals surface area contributed by atoms with Gasteiger partial charge in [0.25, 0.3) is 0 Å². The lowest BCUT2D eigenvalue weighted by atomic mass is 9.67. The molecule has 1 fully saturated rings. The molecule has 0 radical (unpaired) electrons. The Balaban J connectivity index is 1.73. The molecule has 3 aromatic rings.